The first-order valence-corrected chi connectivity index (χ1v) is 5.83. The molecule has 0 spiro atoms. The molecule has 1 atom stereocenters. The van der Waals surface area contributed by atoms with Gasteiger partial charge in [-0.2, -0.15) is 0 Å². The molecule has 1 unspecified atom stereocenters. The van der Waals surface area contributed by atoms with Crippen LogP contribution in [0.4, 0.5) is 5.82 Å². The molecule has 1 fully saturated rings. The second-order valence-electron chi connectivity index (χ2n) is 4.44. The number of anilines is 1. The number of nitrogens with zero attached hydrogens (tertiary/aromatic N) is 2. The van der Waals surface area contributed by atoms with E-state index in [0.717, 1.165) is 19.6 Å². The Morgan fingerprint density at radius 3 is 3.19 bits per heavy atom. The van der Waals surface area contributed by atoms with Crippen LogP contribution in [0.2, 0.25) is 0 Å². The molecule has 0 amide bonds. The van der Waals surface area contributed by atoms with Crippen molar-refractivity contribution in [2.45, 2.75) is 12.8 Å². The summed E-state index contributed by atoms with van der Waals surface area (Å²) in [5.41, 5.74) is 0. The van der Waals surface area contributed by atoms with Crippen molar-refractivity contribution in [3.05, 3.63) is 18.3 Å². The van der Waals surface area contributed by atoms with E-state index in [0.29, 0.717) is 11.7 Å². The minimum atomic E-state index is 0.258. The molecule has 4 heteroatoms. The zero-order valence-electron chi connectivity index (χ0n) is 9.69. The maximum atomic E-state index is 9.69. The highest BCUT2D eigenvalue weighted by atomic mass is 16.3. The van der Waals surface area contributed by atoms with Crippen molar-refractivity contribution in [2.75, 3.05) is 31.6 Å². The molecule has 16 heavy (non-hydrogen) atoms. The molecule has 0 aliphatic carbocycles. The van der Waals surface area contributed by atoms with E-state index in [9.17, 15) is 5.11 Å². The topological polar surface area (TPSA) is 48.4 Å². The summed E-state index contributed by atoms with van der Waals surface area (Å²) in [5, 5.41) is 13.1. The van der Waals surface area contributed by atoms with Crippen LogP contribution >= 0.6 is 0 Å². The molecule has 0 bridgehead atoms. The van der Waals surface area contributed by atoms with Crippen molar-refractivity contribution < 1.29 is 5.11 Å². The Labute approximate surface area is 96.3 Å². The summed E-state index contributed by atoms with van der Waals surface area (Å²) in [6.07, 6.45) is 4.21. The average molecular weight is 221 g/mol. The number of aromatic hydroxyl groups is 1. The molecule has 1 aromatic heterocycles. The summed E-state index contributed by atoms with van der Waals surface area (Å²) >= 11 is 0. The summed E-state index contributed by atoms with van der Waals surface area (Å²) in [6, 6.07) is 3.42. The van der Waals surface area contributed by atoms with Gasteiger partial charge in [0.2, 0.25) is 0 Å². The number of nitrogens with one attached hydrogen (secondary N) is 1. The highest BCUT2D eigenvalue weighted by Gasteiger charge is 2.17. The van der Waals surface area contributed by atoms with E-state index in [2.05, 4.69) is 10.3 Å². The maximum absolute atomic E-state index is 9.69. The Bertz CT molecular complexity index is 337. The highest BCUT2D eigenvalue weighted by Crippen LogP contribution is 2.23. The number of hydrogen-bond acceptors (Lipinski definition) is 4. The van der Waals surface area contributed by atoms with Crippen LogP contribution in [0.5, 0.6) is 5.75 Å². The first-order valence-electron chi connectivity index (χ1n) is 5.83. The standard InChI is InChI=1S/C12H19N3O/c1-15(9-10-4-2-6-13-8-10)12-11(16)5-3-7-14-12/h3,5,7,10,13,16H,2,4,6,8-9H2,1H3. The SMILES string of the molecule is CN(CC1CCCNC1)c1ncccc1O. The molecule has 0 aromatic carbocycles. The van der Waals surface area contributed by atoms with E-state index in [1.165, 1.54) is 12.8 Å². The van der Waals surface area contributed by atoms with E-state index in [1.54, 1.807) is 18.3 Å². The molecule has 2 rings (SSSR count). The van der Waals surface area contributed by atoms with Gasteiger partial charge in [0.15, 0.2) is 11.6 Å². The molecule has 2 heterocycles. The fourth-order valence-corrected chi connectivity index (χ4v) is 2.24. The quantitative estimate of drug-likeness (QED) is 0.806. The zero-order chi connectivity index (χ0) is 11.4. The van der Waals surface area contributed by atoms with Crippen molar-refractivity contribution in [3.63, 3.8) is 0 Å². The molecule has 4 nitrogen and oxygen atoms in total. The Hall–Kier alpha value is -1.29. The lowest BCUT2D eigenvalue weighted by atomic mass is 9.99. The molecule has 1 aliphatic heterocycles. The first-order chi connectivity index (χ1) is 7.77. The number of rotatable bonds is 3. The van der Waals surface area contributed by atoms with Gasteiger partial charge in [0.1, 0.15) is 0 Å². The van der Waals surface area contributed by atoms with Crippen molar-refractivity contribution in [1.29, 1.82) is 0 Å². The summed E-state index contributed by atoms with van der Waals surface area (Å²) in [7, 11) is 1.98. The van der Waals surface area contributed by atoms with Crippen LogP contribution in [0.25, 0.3) is 0 Å². The zero-order valence-corrected chi connectivity index (χ0v) is 9.69. The second-order valence-corrected chi connectivity index (χ2v) is 4.44. The van der Waals surface area contributed by atoms with Gasteiger partial charge < -0.3 is 15.3 Å². The van der Waals surface area contributed by atoms with Gasteiger partial charge >= 0.3 is 0 Å². The normalized spacial score (nSPS) is 20.7. The Kier molecular flexibility index (Phi) is 3.62. The lowest BCUT2D eigenvalue weighted by molar-refractivity contribution is 0.379. The fraction of sp³-hybridized carbons (Fsp3) is 0.583. The van der Waals surface area contributed by atoms with E-state index < -0.39 is 0 Å². The Morgan fingerprint density at radius 1 is 1.62 bits per heavy atom. The largest absolute Gasteiger partial charge is 0.504 e. The van der Waals surface area contributed by atoms with Gasteiger partial charge in [0.05, 0.1) is 0 Å². The predicted molar refractivity (Wildman–Crippen MR) is 64.8 cm³/mol. The number of hydrogen-bond donors (Lipinski definition) is 2. The van der Waals surface area contributed by atoms with Crippen LogP contribution in [0.15, 0.2) is 18.3 Å². The van der Waals surface area contributed by atoms with Gasteiger partial charge in [-0.25, -0.2) is 4.98 Å². The lowest BCUT2D eigenvalue weighted by Gasteiger charge is -2.28. The molecular formula is C12H19N3O. The minimum Gasteiger partial charge on any atom is -0.504 e. The molecule has 0 saturated carbocycles. The predicted octanol–water partition coefficient (Wildman–Crippen LogP) is 1.22. The summed E-state index contributed by atoms with van der Waals surface area (Å²) in [5.74, 6) is 1.59. The van der Waals surface area contributed by atoms with Crippen molar-refractivity contribution in [3.8, 4) is 5.75 Å². The van der Waals surface area contributed by atoms with Crippen molar-refractivity contribution in [1.82, 2.24) is 10.3 Å². The van der Waals surface area contributed by atoms with Gasteiger partial charge in [-0.05, 0) is 44.0 Å². The van der Waals surface area contributed by atoms with Crippen LogP contribution in [-0.4, -0.2) is 36.8 Å². The molecule has 1 aliphatic rings. The third-order valence-corrected chi connectivity index (χ3v) is 3.06. The molecule has 2 N–H and O–H groups in total. The van der Waals surface area contributed by atoms with E-state index in [4.69, 9.17) is 0 Å². The summed E-state index contributed by atoms with van der Waals surface area (Å²) < 4.78 is 0. The minimum absolute atomic E-state index is 0.258. The van der Waals surface area contributed by atoms with Gasteiger partial charge in [0, 0.05) is 19.8 Å². The Morgan fingerprint density at radius 2 is 2.50 bits per heavy atom. The van der Waals surface area contributed by atoms with Crippen LogP contribution in [0.3, 0.4) is 0 Å². The Balaban J connectivity index is 1.96. The highest BCUT2D eigenvalue weighted by molar-refractivity contribution is 5.50. The molecule has 1 aromatic rings. The third-order valence-electron chi connectivity index (χ3n) is 3.06. The van der Waals surface area contributed by atoms with Crippen LogP contribution in [0.1, 0.15) is 12.8 Å². The number of pyridine rings is 1. The van der Waals surface area contributed by atoms with Gasteiger partial charge in [-0.1, -0.05) is 0 Å². The number of aromatic nitrogens is 1. The third kappa shape index (κ3) is 2.64. The smallest absolute Gasteiger partial charge is 0.170 e. The van der Waals surface area contributed by atoms with Crippen LogP contribution < -0.4 is 10.2 Å². The van der Waals surface area contributed by atoms with Gasteiger partial charge in [0.25, 0.3) is 0 Å². The summed E-state index contributed by atoms with van der Waals surface area (Å²) in [6.45, 7) is 3.14. The lowest BCUT2D eigenvalue weighted by Crippen LogP contribution is -2.37. The molecular weight excluding hydrogens is 202 g/mol. The van der Waals surface area contributed by atoms with E-state index in [1.807, 2.05) is 11.9 Å². The second kappa shape index (κ2) is 5.16. The van der Waals surface area contributed by atoms with Crippen molar-refractivity contribution in [2.24, 2.45) is 5.92 Å². The summed E-state index contributed by atoms with van der Waals surface area (Å²) in [4.78, 5) is 6.23. The van der Waals surface area contributed by atoms with Crippen LogP contribution in [0, 0.1) is 5.92 Å². The average Bonchev–Trinajstić information content (AvgIpc) is 2.31. The van der Waals surface area contributed by atoms with Crippen LogP contribution in [-0.2, 0) is 0 Å². The van der Waals surface area contributed by atoms with E-state index in [-0.39, 0.29) is 5.75 Å². The molecule has 0 radical (unpaired) electrons. The number of piperidine rings is 1. The van der Waals surface area contributed by atoms with Gasteiger partial charge in [-0.15, -0.1) is 0 Å². The monoisotopic (exact) mass is 221 g/mol. The fourth-order valence-electron chi connectivity index (χ4n) is 2.24. The van der Waals surface area contributed by atoms with E-state index >= 15 is 0 Å². The first kappa shape index (κ1) is 11.2. The van der Waals surface area contributed by atoms with Crippen molar-refractivity contribution >= 4 is 5.82 Å². The molecule has 1 saturated heterocycles. The maximum Gasteiger partial charge on any atom is 0.170 e. The van der Waals surface area contributed by atoms with Gasteiger partial charge in [-0.3, -0.25) is 0 Å². The molecule has 88 valence electrons.